The van der Waals surface area contributed by atoms with Gasteiger partial charge in [0.2, 0.25) is 0 Å². The third kappa shape index (κ3) is 3.02. The van der Waals surface area contributed by atoms with E-state index in [9.17, 15) is 4.79 Å². The minimum Gasteiger partial charge on any atom is -0.303 e. The van der Waals surface area contributed by atoms with E-state index in [1.165, 1.54) is 11.1 Å². The molecular formula is C12H16O. The van der Waals surface area contributed by atoms with Crippen LogP contribution in [0.4, 0.5) is 0 Å². The van der Waals surface area contributed by atoms with Gasteiger partial charge >= 0.3 is 0 Å². The number of carbonyl (C=O) groups excluding carboxylic acids is 1. The number of hydrogen-bond acceptors (Lipinski definition) is 1. The highest BCUT2D eigenvalue weighted by Crippen LogP contribution is 2.18. The van der Waals surface area contributed by atoms with Gasteiger partial charge in [-0.3, -0.25) is 0 Å². The molecule has 70 valence electrons. The molecule has 0 bridgehead atoms. The van der Waals surface area contributed by atoms with E-state index >= 15 is 0 Å². The Balaban J connectivity index is 2.75. The van der Waals surface area contributed by atoms with Crippen molar-refractivity contribution in [2.75, 3.05) is 0 Å². The molecule has 1 heteroatoms. The summed E-state index contributed by atoms with van der Waals surface area (Å²) in [6.07, 6.45) is 1.84. The fourth-order valence-corrected chi connectivity index (χ4v) is 1.27. The van der Waals surface area contributed by atoms with E-state index in [0.717, 1.165) is 12.7 Å². The zero-order chi connectivity index (χ0) is 9.90. The van der Waals surface area contributed by atoms with E-state index in [0.29, 0.717) is 0 Å². The van der Waals surface area contributed by atoms with Crippen LogP contribution in [0.15, 0.2) is 24.3 Å². The lowest BCUT2D eigenvalue weighted by Crippen LogP contribution is -2.16. The SMILES string of the molecule is Cc1ccc(CC(C)(C)C=O)cc1. The minimum atomic E-state index is -0.241. The number of benzene rings is 1. The molecule has 0 fully saturated rings. The quantitative estimate of drug-likeness (QED) is 0.647. The first-order valence-corrected chi connectivity index (χ1v) is 4.55. The molecule has 0 unspecified atom stereocenters. The first-order valence-electron chi connectivity index (χ1n) is 4.55. The predicted molar refractivity (Wildman–Crippen MR) is 54.7 cm³/mol. The van der Waals surface area contributed by atoms with Crippen molar-refractivity contribution >= 4 is 6.29 Å². The molecule has 0 saturated carbocycles. The molecule has 0 atom stereocenters. The lowest BCUT2D eigenvalue weighted by Gasteiger charge is -2.16. The molecule has 0 saturated heterocycles. The number of carbonyl (C=O) groups is 1. The molecule has 0 N–H and O–H groups in total. The Labute approximate surface area is 79.8 Å². The minimum absolute atomic E-state index is 0.241. The van der Waals surface area contributed by atoms with Crippen molar-refractivity contribution in [3.8, 4) is 0 Å². The van der Waals surface area contributed by atoms with E-state index < -0.39 is 0 Å². The summed E-state index contributed by atoms with van der Waals surface area (Å²) in [6, 6.07) is 8.33. The molecule has 1 rings (SSSR count). The van der Waals surface area contributed by atoms with Crippen LogP contribution in [0, 0.1) is 12.3 Å². The van der Waals surface area contributed by atoms with E-state index in [2.05, 4.69) is 31.2 Å². The van der Waals surface area contributed by atoms with Gasteiger partial charge in [-0.25, -0.2) is 0 Å². The standard InChI is InChI=1S/C12H16O/c1-10-4-6-11(7-5-10)8-12(2,3)9-13/h4-7,9H,8H2,1-3H3. The van der Waals surface area contributed by atoms with Crippen LogP contribution in [-0.2, 0) is 11.2 Å². The van der Waals surface area contributed by atoms with Gasteiger partial charge in [-0.15, -0.1) is 0 Å². The smallest absolute Gasteiger partial charge is 0.125 e. The van der Waals surface area contributed by atoms with Gasteiger partial charge in [0.1, 0.15) is 6.29 Å². The summed E-state index contributed by atoms with van der Waals surface area (Å²) < 4.78 is 0. The Morgan fingerprint density at radius 3 is 2.23 bits per heavy atom. The highest BCUT2D eigenvalue weighted by atomic mass is 16.1. The Morgan fingerprint density at radius 2 is 1.77 bits per heavy atom. The third-order valence-electron chi connectivity index (χ3n) is 2.10. The second kappa shape index (κ2) is 3.73. The largest absolute Gasteiger partial charge is 0.303 e. The van der Waals surface area contributed by atoms with E-state index in [1.807, 2.05) is 13.8 Å². The van der Waals surface area contributed by atoms with E-state index in [1.54, 1.807) is 0 Å². The monoisotopic (exact) mass is 176 g/mol. The van der Waals surface area contributed by atoms with E-state index in [4.69, 9.17) is 0 Å². The maximum Gasteiger partial charge on any atom is 0.125 e. The number of hydrogen-bond donors (Lipinski definition) is 0. The summed E-state index contributed by atoms with van der Waals surface area (Å²) >= 11 is 0. The number of aryl methyl sites for hydroxylation is 1. The first-order chi connectivity index (χ1) is 6.03. The maximum absolute atomic E-state index is 10.7. The molecule has 0 heterocycles. The van der Waals surface area contributed by atoms with Gasteiger partial charge < -0.3 is 4.79 Å². The van der Waals surface area contributed by atoms with Crippen LogP contribution in [0.1, 0.15) is 25.0 Å². The van der Waals surface area contributed by atoms with Crippen LogP contribution in [0.2, 0.25) is 0 Å². The van der Waals surface area contributed by atoms with Crippen LogP contribution in [-0.4, -0.2) is 6.29 Å². The van der Waals surface area contributed by atoms with Crippen LogP contribution < -0.4 is 0 Å². The summed E-state index contributed by atoms with van der Waals surface area (Å²) in [7, 11) is 0. The molecule has 0 aliphatic heterocycles. The third-order valence-corrected chi connectivity index (χ3v) is 2.10. The fourth-order valence-electron chi connectivity index (χ4n) is 1.27. The maximum atomic E-state index is 10.7. The molecule has 1 aromatic rings. The van der Waals surface area contributed by atoms with Gasteiger partial charge in [0, 0.05) is 5.41 Å². The van der Waals surface area contributed by atoms with Gasteiger partial charge in [-0.05, 0) is 18.9 Å². The van der Waals surface area contributed by atoms with Gasteiger partial charge in [0.15, 0.2) is 0 Å². The van der Waals surface area contributed by atoms with Crippen molar-refractivity contribution in [2.24, 2.45) is 5.41 Å². The summed E-state index contributed by atoms with van der Waals surface area (Å²) in [5, 5.41) is 0. The number of aldehydes is 1. The number of rotatable bonds is 3. The topological polar surface area (TPSA) is 17.1 Å². The van der Waals surface area contributed by atoms with Crippen molar-refractivity contribution < 1.29 is 4.79 Å². The molecule has 1 aromatic carbocycles. The van der Waals surface area contributed by atoms with Gasteiger partial charge in [-0.1, -0.05) is 43.7 Å². The lowest BCUT2D eigenvalue weighted by atomic mass is 9.87. The van der Waals surface area contributed by atoms with Gasteiger partial charge in [-0.2, -0.15) is 0 Å². The summed E-state index contributed by atoms with van der Waals surface area (Å²) in [5.74, 6) is 0. The highest BCUT2D eigenvalue weighted by molar-refractivity contribution is 5.58. The average Bonchev–Trinajstić information content (AvgIpc) is 2.09. The summed E-state index contributed by atoms with van der Waals surface area (Å²) in [6.45, 7) is 5.98. The molecule has 13 heavy (non-hydrogen) atoms. The predicted octanol–water partition coefficient (Wildman–Crippen LogP) is 2.76. The molecule has 0 spiro atoms. The zero-order valence-corrected chi connectivity index (χ0v) is 8.50. The van der Waals surface area contributed by atoms with Crippen molar-refractivity contribution in [2.45, 2.75) is 27.2 Å². The Kier molecular flexibility index (Phi) is 2.86. The zero-order valence-electron chi connectivity index (χ0n) is 8.50. The van der Waals surface area contributed by atoms with Gasteiger partial charge in [0.25, 0.3) is 0 Å². The van der Waals surface area contributed by atoms with Crippen LogP contribution >= 0.6 is 0 Å². The molecular weight excluding hydrogens is 160 g/mol. The normalized spacial score (nSPS) is 11.3. The molecule has 0 aliphatic carbocycles. The van der Waals surface area contributed by atoms with Crippen molar-refractivity contribution in [3.63, 3.8) is 0 Å². The van der Waals surface area contributed by atoms with Crippen molar-refractivity contribution in [1.29, 1.82) is 0 Å². The molecule has 0 radical (unpaired) electrons. The summed E-state index contributed by atoms with van der Waals surface area (Å²) in [4.78, 5) is 10.7. The lowest BCUT2D eigenvalue weighted by molar-refractivity contribution is -0.114. The van der Waals surface area contributed by atoms with Crippen molar-refractivity contribution in [3.05, 3.63) is 35.4 Å². The fraction of sp³-hybridized carbons (Fsp3) is 0.417. The van der Waals surface area contributed by atoms with E-state index in [-0.39, 0.29) is 5.41 Å². The van der Waals surface area contributed by atoms with Crippen LogP contribution in [0.5, 0.6) is 0 Å². The molecule has 0 amide bonds. The second-order valence-corrected chi connectivity index (χ2v) is 4.27. The molecule has 0 aromatic heterocycles. The Morgan fingerprint density at radius 1 is 1.23 bits per heavy atom. The van der Waals surface area contributed by atoms with Crippen LogP contribution in [0.3, 0.4) is 0 Å². The van der Waals surface area contributed by atoms with Gasteiger partial charge in [0.05, 0.1) is 0 Å². The first kappa shape index (κ1) is 9.97. The van der Waals surface area contributed by atoms with Crippen molar-refractivity contribution in [1.82, 2.24) is 0 Å². The average molecular weight is 176 g/mol. The Hall–Kier alpha value is -1.11. The highest BCUT2D eigenvalue weighted by Gasteiger charge is 2.16. The van der Waals surface area contributed by atoms with Crippen LogP contribution in [0.25, 0.3) is 0 Å². The summed E-state index contributed by atoms with van der Waals surface area (Å²) in [5.41, 5.74) is 2.24. The molecule has 0 aliphatic rings. The molecule has 1 nitrogen and oxygen atoms in total. The Bertz CT molecular complexity index is 282. The second-order valence-electron chi connectivity index (χ2n) is 4.27.